The predicted octanol–water partition coefficient (Wildman–Crippen LogP) is 2.59. The van der Waals surface area contributed by atoms with Crippen molar-refractivity contribution in [1.82, 2.24) is 5.32 Å². The molecule has 2 rings (SSSR count). The Balaban J connectivity index is 0.000000845. The van der Waals surface area contributed by atoms with E-state index >= 15 is 0 Å². The van der Waals surface area contributed by atoms with E-state index in [-0.39, 0.29) is 24.3 Å². The second-order valence-electron chi connectivity index (χ2n) is 3.32. The van der Waals surface area contributed by atoms with E-state index in [2.05, 4.69) is 5.32 Å². The van der Waals surface area contributed by atoms with Crippen LogP contribution in [0.25, 0.3) is 0 Å². The summed E-state index contributed by atoms with van der Waals surface area (Å²) in [6.07, 6.45) is 1.06. The lowest BCUT2D eigenvalue weighted by atomic mass is 9.97. The van der Waals surface area contributed by atoms with Crippen LogP contribution in [0.5, 0.6) is 0 Å². The fraction of sp³-hybridized carbons (Fsp3) is 0.400. The van der Waals surface area contributed by atoms with Crippen LogP contribution in [-0.4, -0.2) is 6.54 Å². The summed E-state index contributed by atoms with van der Waals surface area (Å²) in [6.45, 7) is 2.92. The van der Waals surface area contributed by atoms with Crippen LogP contribution >= 0.6 is 12.4 Å². The molecule has 1 aromatic carbocycles. The lowest BCUT2D eigenvalue weighted by Gasteiger charge is -2.28. The Bertz CT molecular complexity index is 297. The first-order valence-corrected chi connectivity index (χ1v) is 4.27. The van der Waals surface area contributed by atoms with Gasteiger partial charge in [0.25, 0.3) is 0 Å². The van der Waals surface area contributed by atoms with Gasteiger partial charge in [-0.25, -0.2) is 4.39 Å². The molecular formula is C10H13ClFN. The first kappa shape index (κ1) is 10.5. The van der Waals surface area contributed by atoms with Crippen LogP contribution in [-0.2, 0) is 0 Å². The molecule has 0 spiro atoms. The number of aryl methyl sites for hydroxylation is 1. The molecule has 1 heterocycles. The van der Waals surface area contributed by atoms with Crippen LogP contribution in [0.3, 0.4) is 0 Å². The third kappa shape index (κ3) is 2.01. The largest absolute Gasteiger partial charge is 0.310 e. The molecule has 0 bridgehead atoms. The molecule has 1 nitrogen and oxygen atoms in total. The molecule has 1 atom stereocenters. The Labute approximate surface area is 83.8 Å². The fourth-order valence-electron chi connectivity index (χ4n) is 1.47. The summed E-state index contributed by atoms with van der Waals surface area (Å²) in [5, 5.41) is 3.18. The molecule has 1 fully saturated rings. The molecule has 0 saturated carbocycles. The Kier molecular flexibility index (Phi) is 3.28. The summed E-state index contributed by atoms with van der Waals surface area (Å²) in [5.74, 6) is -0.0767. The second kappa shape index (κ2) is 4.07. The molecule has 3 heteroatoms. The molecule has 1 aliphatic heterocycles. The molecule has 1 aliphatic rings. The highest BCUT2D eigenvalue weighted by Gasteiger charge is 2.21. The maximum atomic E-state index is 13.3. The Morgan fingerprint density at radius 3 is 2.62 bits per heavy atom. The van der Waals surface area contributed by atoms with Crippen LogP contribution in [0, 0.1) is 12.7 Å². The summed E-state index contributed by atoms with van der Waals surface area (Å²) in [5.41, 5.74) is 1.79. The maximum absolute atomic E-state index is 13.3. The minimum Gasteiger partial charge on any atom is -0.310 e. The highest BCUT2D eigenvalue weighted by Crippen LogP contribution is 2.25. The number of nitrogens with one attached hydrogen (secondary N) is 1. The van der Waals surface area contributed by atoms with E-state index in [1.54, 1.807) is 6.07 Å². The van der Waals surface area contributed by atoms with Crippen molar-refractivity contribution in [2.45, 2.75) is 19.4 Å². The minimum absolute atomic E-state index is 0. The lowest BCUT2D eigenvalue weighted by Crippen LogP contribution is -2.35. The van der Waals surface area contributed by atoms with Crippen molar-refractivity contribution in [1.29, 1.82) is 0 Å². The van der Waals surface area contributed by atoms with E-state index in [1.807, 2.05) is 19.1 Å². The van der Waals surface area contributed by atoms with Gasteiger partial charge in [-0.3, -0.25) is 0 Å². The quantitative estimate of drug-likeness (QED) is 0.737. The van der Waals surface area contributed by atoms with Gasteiger partial charge in [-0.15, -0.1) is 12.4 Å². The van der Waals surface area contributed by atoms with Gasteiger partial charge in [0.05, 0.1) is 0 Å². The van der Waals surface area contributed by atoms with E-state index < -0.39 is 0 Å². The highest BCUT2D eigenvalue weighted by molar-refractivity contribution is 5.85. The van der Waals surface area contributed by atoms with Crippen LogP contribution in [0.4, 0.5) is 4.39 Å². The van der Waals surface area contributed by atoms with E-state index in [4.69, 9.17) is 0 Å². The van der Waals surface area contributed by atoms with Crippen LogP contribution in [0.2, 0.25) is 0 Å². The zero-order valence-electron chi connectivity index (χ0n) is 7.51. The average Bonchev–Trinajstić information content (AvgIpc) is 1.91. The molecule has 0 aliphatic carbocycles. The van der Waals surface area contributed by atoms with Gasteiger partial charge in [0, 0.05) is 11.6 Å². The lowest BCUT2D eigenvalue weighted by molar-refractivity contribution is 0.370. The maximum Gasteiger partial charge on any atom is 0.128 e. The molecule has 0 radical (unpaired) electrons. The van der Waals surface area contributed by atoms with Gasteiger partial charge in [0.1, 0.15) is 5.82 Å². The number of hydrogen-bond donors (Lipinski definition) is 1. The van der Waals surface area contributed by atoms with Gasteiger partial charge in [0.2, 0.25) is 0 Å². The number of rotatable bonds is 1. The normalized spacial score (nSPS) is 20.3. The predicted molar refractivity (Wildman–Crippen MR) is 53.7 cm³/mol. The highest BCUT2D eigenvalue weighted by atomic mass is 35.5. The SMILES string of the molecule is Cc1ccc([C@@H]2CCN2)c(F)c1.Cl. The second-order valence-corrected chi connectivity index (χ2v) is 3.32. The van der Waals surface area contributed by atoms with Crippen LogP contribution in [0.1, 0.15) is 23.6 Å². The van der Waals surface area contributed by atoms with Gasteiger partial charge < -0.3 is 5.32 Å². The van der Waals surface area contributed by atoms with E-state index in [0.717, 1.165) is 24.1 Å². The zero-order valence-corrected chi connectivity index (χ0v) is 8.33. The first-order valence-electron chi connectivity index (χ1n) is 4.27. The fourth-order valence-corrected chi connectivity index (χ4v) is 1.47. The Morgan fingerprint density at radius 1 is 1.46 bits per heavy atom. The molecule has 1 aromatic rings. The summed E-state index contributed by atoms with van der Waals surface area (Å²) in [7, 11) is 0. The summed E-state index contributed by atoms with van der Waals surface area (Å²) in [4.78, 5) is 0. The molecule has 72 valence electrons. The molecule has 13 heavy (non-hydrogen) atoms. The van der Waals surface area contributed by atoms with Crippen molar-refractivity contribution in [3.63, 3.8) is 0 Å². The molecule has 0 amide bonds. The molecule has 0 aromatic heterocycles. The summed E-state index contributed by atoms with van der Waals surface area (Å²) < 4.78 is 13.3. The summed E-state index contributed by atoms with van der Waals surface area (Å²) >= 11 is 0. The number of hydrogen-bond acceptors (Lipinski definition) is 1. The van der Waals surface area contributed by atoms with Gasteiger partial charge in [-0.05, 0) is 31.5 Å². The van der Waals surface area contributed by atoms with Crippen molar-refractivity contribution >= 4 is 12.4 Å². The standard InChI is InChI=1S/C10H12FN.ClH/c1-7-2-3-8(9(11)6-7)10-4-5-12-10;/h2-3,6,10,12H,4-5H2,1H3;1H/t10-;/m0./s1. The van der Waals surface area contributed by atoms with Gasteiger partial charge in [0.15, 0.2) is 0 Å². The van der Waals surface area contributed by atoms with Crippen molar-refractivity contribution in [3.8, 4) is 0 Å². The van der Waals surface area contributed by atoms with Gasteiger partial charge >= 0.3 is 0 Å². The van der Waals surface area contributed by atoms with Crippen LogP contribution < -0.4 is 5.32 Å². The van der Waals surface area contributed by atoms with Gasteiger partial charge in [-0.2, -0.15) is 0 Å². The van der Waals surface area contributed by atoms with Crippen LogP contribution in [0.15, 0.2) is 18.2 Å². The zero-order chi connectivity index (χ0) is 8.55. The Morgan fingerprint density at radius 2 is 2.15 bits per heavy atom. The van der Waals surface area contributed by atoms with Gasteiger partial charge in [-0.1, -0.05) is 12.1 Å². The topological polar surface area (TPSA) is 12.0 Å². The van der Waals surface area contributed by atoms with Crippen molar-refractivity contribution in [2.24, 2.45) is 0 Å². The van der Waals surface area contributed by atoms with Crippen molar-refractivity contribution in [2.75, 3.05) is 6.54 Å². The molecule has 0 unspecified atom stereocenters. The smallest absolute Gasteiger partial charge is 0.128 e. The first-order chi connectivity index (χ1) is 5.77. The van der Waals surface area contributed by atoms with E-state index in [9.17, 15) is 4.39 Å². The number of benzene rings is 1. The molecule has 1 N–H and O–H groups in total. The third-order valence-electron chi connectivity index (χ3n) is 2.36. The van der Waals surface area contributed by atoms with Crippen molar-refractivity contribution in [3.05, 3.63) is 35.1 Å². The minimum atomic E-state index is -0.0767. The average molecular weight is 202 g/mol. The van der Waals surface area contributed by atoms with E-state index in [0.29, 0.717) is 0 Å². The third-order valence-corrected chi connectivity index (χ3v) is 2.36. The molecular weight excluding hydrogens is 189 g/mol. The summed E-state index contributed by atoms with van der Waals surface area (Å²) in [6, 6.07) is 5.68. The Hall–Kier alpha value is -0.600. The van der Waals surface area contributed by atoms with E-state index in [1.165, 1.54) is 0 Å². The molecule has 1 saturated heterocycles. The monoisotopic (exact) mass is 201 g/mol. The van der Waals surface area contributed by atoms with Crippen molar-refractivity contribution < 1.29 is 4.39 Å². The number of halogens is 2.